The highest BCUT2D eigenvalue weighted by Gasteiger charge is 2.26. The van der Waals surface area contributed by atoms with Crippen LogP contribution in [0.4, 0.5) is 5.69 Å². The number of fused-ring (bicyclic) bond motifs is 1. The zero-order valence-electron chi connectivity index (χ0n) is 14.6. The van der Waals surface area contributed by atoms with Crippen LogP contribution in [0, 0.1) is 0 Å². The Morgan fingerprint density at radius 3 is 2.59 bits per heavy atom. The first-order chi connectivity index (χ1) is 13.1. The quantitative estimate of drug-likeness (QED) is 0.690. The highest BCUT2D eigenvalue weighted by Crippen LogP contribution is 2.38. The van der Waals surface area contributed by atoms with E-state index in [9.17, 15) is 9.59 Å². The van der Waals surface area contributed by atoms with Crippen LogP contribution in [0.2, 0.25) is 0 Å². The molecule has 3 N–H and O–H groups in total. The number of anilines is 1. The summed E-state index contributed by atoms with van der Waals surface area (Å²) in [6.07, 6.45) is 5.06. The van der Waals surface area contributed by atoms with Crippen LogP contribution in [0.25, 0.3) is 5.00 Å². The summed E-state index contributed by atoms with van der Waals surface area (Å²) in [5.41, 5.74) is 8.70. The summed E-state index contributed by atoms with van der Waals surface area (Å²) in [6.45, 7) is 0. The Bertz CT molecular complexity index is 976. The molecule has 0 unspecified atom stereocenters. The molecular formula is C20H19N3O2S2. The van der Waals surface area contributed by atoms with Gasteiger partial charge in [0.15, 0.2) is 0 Å². The highest BCUT2D eigenvalue weighted by atomic mass is 32.2. The van der Waals surface area contributed by atoms with Gasteiger partial charge in [0.05, 0.1) is 12.0 Å². The summed E-state index contributed by atoms with van der Waals surface area (Å²) in [5.74, 6) is 1.54. The lowest BCUT2D eigenvalue weighted by Crippen LogP contribution is -2.17. The van der Waals surface area contributed by atoms with Crippen LogP contribution in [0.3, 0.4) is 0 Å². The minimum absolute atomic E-state index is 0.0919. The van der Waals surface area contributed by atoms with E-state index in [-0.39, 0.29) is 18.2 Å². The molecule has 0 saturated carbocycles. The lowest BCUT2D eigenvalue weighted by Gasteiger charge is -2.13. The molecule has 0 saturated heterocycles. The number of hydrogen-bond acceptors (Lipinski definition) is 4. The van der Waals surface area contributed by atoms with Gasteiger partial charge < -0.3 is 15.6 Å². The number of nitrogens with one attached hydrogen (secondary N) is 1. The zero-order chi connectivity index (χ0) is 18.8. The second kappa shape index (κ2) is 7.62. The van der Waals surface area contributed by atoms with Crippen LogP contribution in [-0.4, -0.2) is 22.1 Å². The largest absolute Gasteiger partial charge is 0.369 e. The summed E-state index contributed by atoms with van der Waals surface area (Å²) in [7, 11) is 0. The van der Waals surface area contributed by atoms with Gasteiger partial charge >= 0.3 is 0 Å². The number of hydrogen-bond donors (Lipinski definition) is 2. The molecule has 138 valence electrons. The second-order valence-electron chi connectivity index (χ2n) is 6.37. The lowest BCUT2D eigenvalue weighted by atomic mass is 10.1. The van der Waals surface area contributed by atoms with E-state index in [0.717, 1.165) is 34.1 Å². The molecule has 2 aromatic heterocycles. The van der Waals surface area contributed by atoms with Crippen LogP contribution >= 0.6 is 23.1 Å². The molecular weight excluding hydrogens is 378 g/mol. The Kier molecular flexibility index (Phi) is 5.05. The number of primary amides is 1. The fourth-order valence-electron chi connectivity index (χ4n) is 3.20. The van der Waals surface area contributed by atoms with Crippen LogP contribution in [0.15, 0.2) is 48.8 Å². The van der Waals surface area contributed by atoms with Crippen molar-refractivity contribution in [2.45, 2.75) is 18.6 Å². The average Bonchev–Trinajstić information content (AvgIpc) is 3.30. The number of carbonyl (C=O) groups excluding carboxylic acids is 2. The van der Waals surface area contributed by atoms with E-state index in [2.05, 4.69) is 5.32 Å². The van der Waals surface area contributed by atoms with Gasteiger partial charge in [-0.3, -0.25) is 9.59 Å². The topological polar surface area (TPSA) is 77.1 Å². The fraction of sp³-hybridized carbons (Fsp3) is 0.200. The van der Waals surface area contributed by atoms with Crippen LogP contribution < -0.4 is 11.1 Å². The van der Waals surface area contributed by atoms with Gasteiger partial charge in [-0.15, -0.1) is 11.3 Å². The summed E-state index contributed by atoms with van der Waals surface area (Å²) in [5, 5.41) is 3.98. The Hall–Kier alpha value is -2.51. The number of thioether (sulfide) groups is 1. The van der Waals surface area contributed by atoms with E-state index in [1.807, 2.05) is 53.0 Å². The number of rotatable bonds is 5. The third kappa shape index (κ3) is 3.79. The summed E-state index contributed by atoms with van der Waals surface area (Å²) < 4.78 is 2.01. The predicted molar refractivity (Wildman–Crippen MR) is 111 cm³/mol. The van der Waals surface area contributed by atoms with Crippen molar-refractivity contribution in [2.75, 3.05) is 11.1 Å². The number of carbonyl (C=O) groups is 2. The van der Waals surface area contributed by atoms with Gasteiger partial charge in [-0.25, -0.2) is 0 Å². The van der Waals surface area contributed by atoms with Crippen molar-refractivity contribution >= 4 is 40.6 Å². The third-order valence-electron chi connectivity index (χ3n) is 4.46. The van der Waals surface area contributed by atoms with Gasteiger partial charge in [-0.05, 0) is 47.6 Å². The van der Waals surface area contributed by atoms with Crippen molar-refractivity contribution in [2.24, 2.45) is 5.73 Å². The third-order valence-corrected chi connectivity index (χ3v) is 6.87. The number of nitrogens with zero attached hydrogens (tertiary/aromatic N) is 1. The Morgan fingerprint density at radius 2 is 1.89 bits per heavy atom. The van der Waals surface area contributed by atoms with Crippen LogP contribution in [0.1, 0.15) is 26.4 Å². The predicted octanol–water partition coefficient (Wildman–Crippen LogP) is 3.61. The maximum Gasteiger partial charge on any atom is 0.258 e. The van der Waals surface area contributed by atoms with E-state index in [1.165, 1.54) is 10.4 Å². The van der Waals surface area contributed by atoms with Gasteiger partial charge in [-0.2, -0.15) is 11.8 Å². The number of benzene rings is 1. The SMILES string of the molecule is NC(=O)Cc1ccc(NC(=O)c2c(-n3cccc3)sc3c2CCSC3)cc1. The van der Waals surface area contributed by atoms with Crippen molar-refractivity contribution in [3.05, 3.63) is 70.4 Å². The van der Waals surface area contributed by atoms with Crippen molar-refractivity contribution in [1.29, 1.82) is 0 Å². The first-order valence-corrected chi connectivity index (χ1v) is 10.6. The molecule has 7 heteroatoms. The van der Waals surface area contributed by atoms with Gasteiger partial charge in [-0.1, -0.05) is 12.1 Å². The molecule has 27 heavy (non-hydrogen) atoms. The molecule has 5 nitrogen and oxygen atoms in total. The van der Waals surface area contributed by atoms with Crippen molar-refractivity contribution < 1.29 is 9.59 Å². The normalized spacial score (nSPS) is 13.2. The first-order valence-electron chi connectivity index (χ1n) is 8.66. The molecule has 0 radical (unpaired) electrons. The second-order valence-corrected chi connectivity index (χ2v) is 8.56. The minimum atomic E-state index is -0.370. The van der Waals surface area contributed by atoms with Crippen molar-refractivity contribution in [3.8, 4) is 5.00 Å². The smallest absolute Gasteiger partial charge is 0.258 e. The maximum absolute atomic E-state index is 13.1. The molecule has 3 heterocycles. The molecule has 0 atom stereocenters. The molecule has 0 spiro atoms. The van der Waals surface area contributed by atoms with E-state index in [0.29, 0.717) is 5.69 Å². The summed E-state index contributed by atoms with van der Waals surface area (Å²) >= 11 is 3.61. The van der Waals surface area contributed by atoms with E-state index >= 15 is 0 Å². The van der Waals surface area contributed by atoms with E-state index in [1.54, 1.807) is 23.5 Å². The van der Waals surface area contributed by atoms with Gasteiger partial charge in [0.1, 0.15) is 5.00 Å². The van der Waals surface area contributed by atoms with Crippen molar-refractivity contribution in [1.82, 2.24) is 4.57 Å². The Labute approximate surface area is 165 Å². The molecule has 2 amide bonds. The molecule has 1 aromatic carbocycles. The van der Waals surface area contributed by atoms with E-state index < -0.39 is 0 Å². The average molecular weight is 398 g/mol. The lowest BCUT2D eigenvalue weighted by molar-refractivity contribution is -0.117. The Balaban J connectivity index is 1.63. The van der Waals surface area contributed by atoms with Crippen molar-refractivity contribution in [3.63, 3.8) is 0 Å². The van der Waals surface area contributed by atoms with E-state index in [4.69, 9.17) is 5.73 Å². The molecule has 0 bridgehead atoms. The van der Waals surface area contributed by atoms with Crippen LogP contribution in [0.5, 0.6) is 0 Å². The maximum atomic E-state index is 13.1. The Morgan fingerprint density at radius 1 is 1.15 bits per heavy atom. The molecule has 0 fully saturated rings. The van der Waals surface area contributed by atoms with Gasteiger partial charge in [0.25, 0.3) is 5.91 Å². The summed E-state index contributed by atoms with van der Waals surface area (Å²) in [6, 6.07) is 11.2. The molecule has 1 aliphatic rings. The summed E-state index contributed by atoms with van der Waals surface area (Å²) in [4.78, 5) is 25.4. The number of thiophene rings is 1. The van der Waals surface area contributed by atoms with Gasteiger partial charge in [0.2, 0.25) is 5.91 Å². The standard InChI is InChI=1S/C20H19N3O2S2/c21-17(24)11-13-3-5-14(6-4-13)22-19(25)18-15-7-10-26-12-16(15)27-20(18)23-8-1-2-9-23/h1-6,8-9H,7,10-12H2,(H2,21,24)(H,22,25). The number of nitrogens with two attached hydrogens (primary N) is 1. The first kappa shape index (κ1) is 17.9. The molecule has 1 aliphatic heterocycles. The molecule has 4 rings (SSSR count). The number of aromatic nitrogens is 1. The number of amides is 2. The molecule has 3 aromatic rings. The fourth-order valence-corrected chi connectivity index (χ4v) is 5.65. The monoisotopic (exact) mass is 397 g/mol. The zero-order valence-corrected chi connectivity index (χ0v) is 16.2. The van der Waals surface area contributed by atoms with Gasteiger partial charge in [0, 0.05) is 28.7 Å². The molecule has 0 aliphatic carbocycles. The minimum Gasteiger partial charge on any atom is -0.369 e. The van der Waals surface area contributed by atoms with Crippen LogP contribution in [-0.2, 0) is 23.4 Å². The highest BCUT2D eigenvalue weighted by molar-refractivity contribution is 7.98.